The zero-order chi connectivity index (χ0) is 14.1. The molecule has 2 aromatic carbocycles. The van der Waals surface area contributed by atoms with E-state index in [0.717, 1.165) is 28.1 Å². The van der Waals surface area contributed by atoms with E-state index in [2.05, 4.69) is 9.55 Å². The van der Waals surface area contributed by atoms with E-state index in [-0.39, 0.29) is 6.42 Å². The van der Waals surface area contributed by atoms with Crippen LogP contribution in [0.3, 0.4) is 0 Å². The van der Waals surface area contributed by atoms with Crippen molar-refractivity contribution in [1.29, 1.82) is 0 Å². The summed E-state index contributed by atoms with van der Waals surface area (Å²) in [5, 5.41) is 8.79. The molecule has 0 fully saturated rings. The van der Waals surface area contributed by atoms with Crippen LogP contribution in [0.5, 0.6) is 0 Å². The number of imidazole rings is 1. The van der Waals surface area contributed by atoms with E-state index in [1.807, 2.05) is 55.5 Å². The van der Waals surface area contributed by atoms with Gasteiger partial charge in [-0.05, 0) is 36.8 Å². The first-order chi connectivity index (χ1) is 9.65. The van der Waals surface area contributed by atoms with Crippen molar-refractivity contribution in [1.82, 2.24) is 9.55 Å². The van der Waals surface area contributed by atoms with Gasteiger partial charge in [-0.15, -0.1) is 0 Å². The number of hydrogen-bond donors (Lipinski definition) is 1. The van der Waals surface area contributed by atoms with Gasteiger partial charge in [-0.1, -0.05) is 24.3 Å². The third-order valence-electron chi connectivity index (χ3n) is 3.28. The van der Waals surface area contributed by atoms with E-state index in [1.54, 1.807) is 0 Å². The fourth-order valence-corrected chi connectivity index (χ4v) is 2.41. The molecule has 0 atom stereocenters. The molecule has 0 bridgehead atoms. The van der Waals surface area contributed by atoms with E-state index in [9.17, 15) is 4.79 Å². The van der Waals surface area contributed by atoms with E-state index in [4.69, 9.17) is 5.11 Å². The maximum Gasteiger partial charge on any atom is 0.307 e. The number of fused-ring (bicyclic) bond motifs is 1. The Morgan fingerprint density at radius 2 is 1.85 bits per heavy atom. The Balaban J connectivity index is 2.07. The molecule has 0 saturated heterocycles. The van der Waals surface area contributed by atoms with Crippen LogP contribution < -0.4 is 0 Å². The van der Waals surface area contributed by atoms with Crippen molar-refractivity contribution in [3.8, 4) is 5.69 Å². The summed E-state index contributed by atoms with van der Waals surface area (Å²) in [4.78, 5) is 15.2. The molecule has 0 unspecified atom stereocenters. The number of rotatable bonds is 3. The van der Waals surface area contributed by atoms with Crippen molar-refractivity contribution in [3.63, 3.8) is 0 Å². The number of carboxylic acids is 1. The Morgan fingerprint density at radius 1 is 1.15 bits per heavy atom. The number of carboxylic acid groups (broad SMARTS) is 1. The fourth-order valence-electron chi connectivity index (χ4n) is 2.41. The predicted molar refractivity (Wildman–Crippen MR) is 77.1 cm³/mol. The van der Waals surface area contributed by atoms with Crippen LogP contribution in [0, 0.1) is 6.92 Å². The monoisotopic (exact) mass is 266 g/mol. The molecule has 20 heavy (non-hydrogen) atoms. The first kappa shape index (κ1) is 12.4. The number of nitrogens with zero attached hydrogens (tertiary/aromatic N) is 2. The lowest BCUT2D eigenvalue weighted by molar-refractivity contribution is -0.136. The van der Waals surface area contributed by atoms with Crippen LogP contribution in [0.2, 0.25) is 0 Å². The molecule has 1 heterocycles. The smallest absolute Gasteiger partial charge is 0.307 e. The normalized spacial score (nSPS) is 10.8. The minimum absolute atomic E-state index is 0.0456. The SMILES string of the molecule is Cc1nc2ccccc2n1-c1ccc(CC(=O)O)cc1. The molecule has 0 amide bonds. The van der Waals surface area contributed by atoms with Gasteiger partial charge in [0.2, 0.25) is 0 Å². The zero-order valence-electron chi connectivity index (χ0n) is 11.1. The molecule has 4 heteroatoms. The molecule has 0 aliphatic rings. The molecule has 0 spiro atoms. The lowest BCUT2D eigenvalue weighted by Gasteiger charge is -2.07. The maximum atomic E-state index is 10.7. The average Bonchev–Trinajstić information content (AvgIpc) is 2.75. The highest BCUT2D eigenvalue weighted by Crippen LogP contribution is 2.21. The second-order valence-corrected chi connectivity index (χ2v) is 4.72. The summed E-state index contributed by atoms with van der Waals surface area (Å²) in [5.74, 6) is 0.0965. The topological polar surface area (TPSA) is 55.1 Å². The van der Waals surface area contributed by atoms with Crippen LogP contribution in [0.25, 0.3) is 16.7 Å². The van der Waals surface area contributed by atoms with Gasteiger partial charge in [0, 0.05) is 5.69 Å². The van der Waals surface area contributed by atoms with Gasteiger partial charge in [0.25, 0.3) is 0 Å². The molecular weight excluding hydrogens is 252 g/mol. The van der Waals surface area contributed by atoms with Gasteiger partial charge < -0.3 is 5.11 Å². The first-order valence-electron chi connectivity index (χ1n) is 6.40. The van der Waals surface area contributed by atoms with Crippen LogP contribution >= 0.6 is 0 Å². The van der Waals surface area contributed by atoms with Crippen LogP contribution in [-0.4, -0.2) is 20.6 Å². The number of aliphatic carboxylic acids is 1. The van der Waals surface area contributed by atoms with Crippen LogP contribution in [0.1, 0.15) is 11.4 Å². The Bertz CT molecular complexity index is 773. The lowest BCUT2D eigenvalue weighted by Crippen LogP contribution is -2.01. The van der Waals surface area contributed by atoms with Gasteiger partial charge >= 0.3 is 5.97 Å². The molecule has 3 rings (SSSR count). The second-order valence-electron chi connectivity index (χ2n) is 4.72. The summed E-state index contributed by atoms with van der Waals surface area (Å²) in [5.41, 5.74) is 3.80. The van der Waals surface area contributed by atoms with Crippen molar-refractivity contribution in [2.45, 2.75) is 13.3 Å². The molecule has 1 N–H and O–H groups in total. The Labute approximate surface area is 116 Å². The molecule has 100 valence electrons. The minimum atomic E-state index is -0.818. The van der Waals surface area contributed by atoms with Gasteiger partial charge in [0.05, 0.1) is 17.5 Å². The Hall–Kier alpha value is -2.62. The summed E-state index contributed by atoms with van der Waals surface area (Å²) < 4.78 is 2.07. The lowest BCUT2D eigenvalue weighted by atomic mass is 10.1. The number of para-hydroxylation sites is 2. The van der Waals surface area contributed by atoms with Crippen molar-refractivity contribution in [3.05, 3.63) is 59.9 Å². The second kappa shape index (κ2) is 4.81. The number of aryl methyl sites for hydroxylation is 1. The molecule has 0 aliphatic carbocycles. The van der Waals surface area contributed by atoms with Crippen molar-refractivity contribution in [2.24, 2.45) is 0 Å². The van der Waals surface area contributed by atoms with Gasteiger partial charge in [-0.3, -0.25) is 9.36 Å². The third-order valence-corrected chi connectivity index (χ3v) is 3.28. The molecular formula is C16H14N2O2. The van der Waals surface area contributed by atoms with Crippen molar-refractivity contribution >= 4 is 17.0 Å². The van der Waals surface area contributed by atoms with E-state index in [0.29, 0.717) is 0 Å². The molecule has 0 saturated carbocycles. The highest BCUT2D eigenvalue weighted by molar-refractivity contribution is 5.78. The third kappa shape index (κ3) is 2.16. The molecule has 4 nitrogen and oxygen atoms in total. The highest BCUT2D eigenvalue weighted by Gasteiger charge is 2.08. The number of hydrogen-bond acceptors (Lipinski definition) is 2. The van der Waals surface area contributed by atoms with E-state index >= 15 is 0 Å². The van der Waals surface area contributed by atoms with Gasteiger partial charge in [0.15, 0.2) is 0 Å². The molecule has 0 aliphatic heterocycles. The standard InChI is InChI=1S/C16H14N2O2/c1-11-17-14-4-2-3-5-15(14)18(11)13-8-6-12(7-9-13)10-16(19)20/h2-9H,10H2,1H3,(H,19,20). The van der Waals surface area contributed by atoms with E-state index < -0.39 is 5.97 Å². The summed E-state index contributed by atoms with van der Waals surface area (Å²) >= 11 is 0. The number of benzene rings is 2. The maximum absolute atomic E-state index is 10.7. The first-order valence-corrected chi connectivity index (χ1v) is 6.40. The largest absolute Gasteiger partial charge is 0.481 e. The van der Waals surface area contributed by atoms with Gasteiger partial charge in [-0.2, -0.15) is 0 Å². The van der Waals surface area contributed by atoms with Crippen LogP contribution in [0.4, 0.5) is 0 Å². The molecule has 1 aromatic heterocycles. The highest BCUT2D eigenvalue weighted by atomic mass is 16.4. The van der Waals surface area contributed by atoms with E-state index in [1.165, 1.54) is 0 Å². The van der Waals surface area contributed by atoms with Crippen LogP contribution in [-0.2, 0) is 11.2 Å². The Kier molecular flexibility index (Phi) is 2.99. The predicted octanol–water partition coefficient (Wildman–Crippen LogP) is 2.96. The van der Waals surface area contributed by atoms with Crippen LogP contribution in [0.15, 0.2) is 48.5 Å². The number of carbonyl (C=O) groups is 1. The Morgan fingerprint density at radius 3 is 2.55 bits per heavy atom. The fraction of sp³-hybridized carbons (Fsp3) is 0.125. The van der Waals surface area contributed by atoms with Crippen molar-refractivity contribution in [2.75, 3.05) is 0 Å². The minimum Gasteiger partial charge on any atom is -0.481 e. The number of aromatic nitrogens is 2. The van der Waals surface area contributed by atoms with Gasteiger partial charge in [0.1, 0.15) is 5.82 Å². The summed E-state index contributed by atoms with van der Waals surface area (Å²) in [6, 6.07) is 15.5. The quantitative estimate of drug-likeness (QED) is 0.793. The molecule has 3 aromatic rings. The zero-order valence-corrected chi connectivity index (χ0v) is 11.1. The van der Waals surface area contributed by atoms with Crippen molar-refractivity contribution < 1.29 is 9.90 Å². The summed E-state index contributed by atoms with van der Waals surface area (Å²) in [6.45, 7) is 1.96. The summed E-state index contributed by atoms with van der Waals surface area (Å²) in [6.07, 6.45) is 0.0456. The average molecular weight is 266 g/mol. The van der Waals surface area contributed by atoms with Gasteiger partial charge in [-0.25, -0.2) is 4.98 Å². The summed E-state index contributed by atoms with van der Waals surface area (Å²) in [7, 11) is 0. The molecule has 0 radical (unpaired) electrons.